The van der Waals surface area contributed by atoms with Crippen LogP contribution < -0.4 is 9.62 Å². The number of furan rings is 1. The minimum absolute atomic E-state index is 0.265. The van der Waals surface area contributed by atoms with Crippen molar-refractivity contribution in [1.82, 2.24) is 10.3 Å². The second-order valence-corrected chi connectivity index (χ2v) is 11.9. The van der Waals surface area contributed by atoms with Gasteiger partial charge in [-0.3, -0.25) is 14.1 Å². The van der Waals surface area contributed by atoms with E-state index in [4.69, 9.17) is 4.42 Å². The number of hydrogen-bond donors (Lipinski definition) is 1. The van der Waals surface area contributed by atoms with E-state index in [2.05, 4.69) is 22.4 Å². The molecule has 1 aliphatic rings. The minimum atomic E-state index is -3.65. The van der Waals surface area contributed by atoms with Crippen molar-refractivity contribution in [1.29, 1.82) is 0 Å². The van der Waals surface area contributed by atoms with E-state index in [0.29, 0.717) is 27.8 Å². The lowest BCUT2D eigenvalue weighted by molar-refractivity contribution is 0.0964. The molecule has 9 heteroatoms. The molecule has 3 aromatic carbocycles. The molecule has 0 unspecified atom stereocenters. The first kappa shape index (κ1) is 26.5. The number of aromatic nitrogens is 1. The van der Waals surface area contributed by atoms with E-state index in [0.717, 1.165) is 40.5 Å². The largest absolute Gasteiger partial charge is 0.455 e. The third-order valence-electron chi connectivity index (χ3n) is 7.43. The molecule has 2 heterocycles. The third-order valence-corrected chi connectivity index (χ3v) is 8.62. The number of carbonyl (C=O) groups is 1. The molecular formula is C32H26FN3O4S. The monoisotopic (exact) mass is 567 g/mol. The van der Waals surface area contributed by atoms with Crippen LogP contribution in [0.2, 0.25) is 0 Å². The van der Waals surface area contributed by atoms with Gasteiger partial charge in [-0.25, -0.2) is 12.8 Å². The van der Waals surface area contributed by atoms with Gasteiger partial charge in [-0.1, -0.05) is 18.2 Å². The Morgan fingerprint density at radius 1 is 0.951 bits per heavy atom. The van der Waals surface area contributed by atoms with E-state index in [9.17, 15) is 17.6 Å². The van der Waals surface area contributed by atoms with Crippen LogP contribution in [0.5, 0.6) is 0 Å². The predicted octanol–water partition coefficient (Wildman–Crippen LogP) is 6.04. The van der Waals surface area contributed by atoms with Crippen LogP contribution in [-0.2, 0) is 16.4 Å². The van der Waals surface area contributed by atoms with Gasteiger partial charge in [0.15, 0.2) is 0 Å². The average Bonchev–Trinajstić information content (AvgIpc) is 3.57. The normalized spacial score (nSPS) is 12.7. The number of hydrogen-bond acceptors (Lipinski definition) is 5. The molecule has 0 saturated heterocycles. The van der Waals surface area contributed by atoms with Gasteiger partial charge >= 0.3 is 0 Å². The summed E-state index contributed by atoms with van der Waals surface area (Å²) in [5, 5.41) is 3.18. The first-order valence-corrected chi connectivity index (χ1v) is 14.8. The van der Waals surface area contributed by atoms with Gasteiger partial charge < -0.3 is 9.73 Å². The Labute approximate surface area is 237 Å². The molecule has 7 nitrogen and oxygen atoms in total. The van der Waals surface area contributed by atoms with E-state index < -0.39 is 15.8 Å². The maximum Gasteiger partial charge on any atom is 0.255 e. The summed E-state index contributed by atoms with van der Waals surface area (Å²) in [5.74, 6) is -0.529. The number of benzene rings is 3. The molecule has 0 atom stereocenters. The maximum absolute atomic E-state index is 13.7. The van der Waals surface area contributed by atoms with Crippen molar-refractivity contribution in [3.8, 4) is 22.5 Å². The quantitative estimate of drug-likeness (QED) is 0.270. The molecule has 1 aliphatic carbocycles. The molecule has 2 aromatic heterocycles. The molecule has 6 rings (SSSR count). The van der Waals surface area contributed by atoms with Crippen molar-refractivity contribution < 1.29 is 22.0 Å². The summed E-state index contributed by atoms with van der Waals surface area (Å²) < 4.78 is 46.5. The Morgan fingerprint density at radius 3 is 2.34 bits per heavy atom. The molecule has 0 aliphatic heterocycles. The number of sulfonamides is 1. The maximum atomic E-state index is 13.7. The topological polar surface area (TPSA) is 92.5 Å². The minimum Gasteiger partial charge on any atom is -0.455 e. The van der Waals surface area contributed by atoms with Crippen LogP contribution in [0.15, 0.2) is 89.6 Å². The van der Waals surface area contributed by atoms with E-state index in [1.54, 1.807) is 24.5 Å². The third kappa shape index (κ3) is 4.68. The lowest BCUT2D eigenvalue weighted by Crippen LogP contribution is -2.25. The van der Waals surface area contributed by atoms with Crippen LogP contribution in [0.3, 0.4) is 0 Å². The molecule has 0 spiro atoms. The van der Waals surface area contributed by atoms with Gasteiger partial charge in [0.05, 0.1) is 17.5 Å². The highest BCUT2D eigenvalue weighted by atomic mass is 32.2. The molecular weight excluding hydrogens is 541 g/mol. The molecule has 0 bridgehead atoms. The first-order chi connectivity index (χ1) is 19.7. The van der Waals surface area contributed by atoms with Gasteiger partial charge in [0.2, 0.25) is 10.0 Å². The summed E-state index contributed by atoms with van der Waals surface area (Å²) in [6, 6.07) is 19.1. The zero-order valence-electron chi connectivity index (χ0n) is 22.6. The standard InChI is InChI=1S/C32H26FN3O4S/c1-34-32(37)30-27-17-26(22-5-4-19-8-11-24(25(19)16-22)20-12-14-35-15-13-20)28(36(2)41(3,38)39)18-29(27)40-31(30)21-6-9-23(33)10-7-21/h4-7,9-18H,8H2,1-3H3,(H,34,37). The second kappa shape index (κ2) is 10.0. The number of rotatable bonds is 6. The number of fused-ring (bicyclic) bond motifs is 2. The van der Waals surface area contributed by atoms with Gasteiger partial charge in [0.25, 0.3) is 5.91 Å². The number of allylic oxidation sites excluding steroid dienone is 1. The van der Waals surface area contributed by atoms with E-state index in [1.807, 2.05) is 24.3 Å². The zero-order valence-corrected chi connectivity index (χ0v) is 23.4. The summed E-state index contributed by atoms with van der Waals surface area (Å²) in [5.41, 5.74) is 7.26. The fourth-order valence-electron chi connectivity index (χ4n) is 5.26. The number of carbonyl (C=O) groups excluding carboxylic acids is 1. The van der Waals surface area contributed by atoms with Crippen LogP contribution >= 0.6 is 0 Å². The van der Waals surface area contributed by atoms with Gasteiger partial charge in [-0.15, -0.1) is 0 Å². The van der Waals surface area contributed by atoms with Crippen LogP contribution in [0.4, 0.5) is 10.1 Å². The summed E-state index contributed by atoms with van der Waals surface area (Å²) >= 11 is 0. The zero-order chi connectivity index (χ0) is 28.9. The van der Waals surface area contributed by atoms with Gasteiger partial charge in [-0.05, 0) is 82.8 Å². The van der Waals surface area contributed by atoms with E-state index >= 15 is 0 Å². The molecule has 206 valence electrons. The fourth-order valence-corrected chi connectivity index (χ4v) is 5.77. The lowest BCUT2D eigenvalue weighted by Gasteiger charge is -2.21. The predicted molar refractivity (Wildman–Crippen MR) is 159 cm³/mol. The van der Waals surface area contributed by atoms with E-state index in [1.165, 1.54) is 42.7 Å². The number of halogens is 1. The Kier molecular flexibility index (Phi) is 6.46. The highest BCUT2D eigenvalue weighted by molar-refractivity contribution is 7.92. The van der Waals surface area contributed by atoms with Crippen LogP contribution in [0.1, 0.15) is 27.0 Å². The van der Waals surface area contributed by atoms with Gasteiger partial charge in [0.1, 0.15) is 17.2 Å². The molecule has 1 amide bonds. The van der Waals surface area contributed by atoms with Crippen LogP contribution in [-0.4, -0.2) is 39.7 Å². The number of pyridine rings is 1. The molecule has 1 N–H and O–H groups in total. The van der Waals surface area contributed by atoms with E-state index in [-0.39, 0.29) is 17.2 Å². The van der Waals surface area contributed by atoms with Gasteiger partial charge in [0, 0.05) is 49.1 Å². The number of amides is 1. The molecule has 0 saturated carbocycles. The SMILES string of the molecule is CNC(=O)c1c(-c2ccc(F)cc2)oc2cc(N(C)S(C)(=O)=O)c(-c3ccc4c(c3)C(c3ccncc3)=CC4)cc12. The Morgan fingerprint density at radius 2 is 1.66 bits per heavy atom. The number of anilines is 1. The van der Waals surface area contributed by atoms with Crippen molar-refractivity contribution in [2.24, 2.45) is 0 Å². The lowest BCUT2D eigenvalue weighted by atomic mass is 9.93. The van der Waals surface area contributed by atoms with Crippen molar-refractivity contribution in [2.45, 2.75) is 6.42 Å². The number of nitrogens with one attached hydrogen (secondary N) is 1. The highest BCUT2D eigenvalue weighted by Crippen LogP contribution is 2.43. The van der Waals surface area contributed by atoms with Crippen molar-refractivity contribution >= 4 is 38.2 Å². The van der Waals surface area contributed by atoms with Crippen LogP contribution in [0, 0.1) is 5.82 Å². The van der Waals surface area contributed by atoms with Crippen molar-refractivity contribution in [2.75, 3.05) is 24.7 Å². The van der Waals surface area contributed by atoms with Crippen molar-refractivity contribution in [3.05, 3.63) is 113 Å². The molecule has 0 fully saturated rings. The molecule has 5 aromatic rings. The van der Waals surface area contributed by atoms with Gasteiger partial charge in [-0.2, -0.15) is 0 Å². The molecule has 41 heavy (non-hydrogen) atoms. The Balaban J connectivity index is 1.61. The summed E-state index contributed by atoms with van der Waals surface area (Å²) in [6.45, 7) is 0. The Hall–Kier alpha value is -4.76. The highest BCUT2D eigenvalue weighted by Gasteiger charge is 2.26. The fraction of sp³-hybridized carbons (Fsp3) is 0.125. The average molecular weight is 568 g/mol. The molecule has 0 radical (unpaired) electrons. The van der Waals surface area contributed by atoms with Crippen molar-refractivity contribution in [3.63, 3.8) is 0 Å². The first-order valence-electron chi connectivity index (χ1n) is 12.9. The number of nitrogens with zero attached hydrogens (tertiary/aromatic N) is 2. The van der Waals surface area contributed by atoms with Crippen LogP contribution in [0.25, 0.3) is 39.0 Å². The summed E-state index contributed by atoms with van der Waals surface area (Å²) in [6.07, 6.45) is 7.60. The second-order valence-electron chi connectivity index (χ2n) is 9.92. The smallest absolute Gasteiger partial charge is 0.255 e. The summed E-state index contributed by atoms with van der Waals surface area (Å²) in [7, 11) is -0.640. The Bertz CT molecular complexity index is 1960. The summed E-state index contributed by atoms with van der Waals surface area (Å²) in [4.78, 5) is 17.3.